The molecule has 2 nitrogen and oxygen atoms in total. The average molecular weight is 299 g/mol. The zero-order chi connectivity index (χ0) is 13.8. The summed E-state index contributed by atoms with van der Waals surface area (Å²) < 4.78 is 0. The molecule has 19 heavy (non-hydrogen) atoms. The fourth-order valence-corrected chi connectivity index (χ4v) is 3.98. The molecule has 0 amide bonds. The predicted octanol–water partition coefficient (Wildman–Crippen LogP) is 3.56. The third-order valence-corrected chi connectivity index (χ3v) is 5.28. The summed E-state index contributed by atoms with van der Waals surface area (Å²) in [6.45, 7) is 6.52. The van der Waals surface area contributed by atoms with Crippen LogP contribution in [0.5, 0.6) is 0 Å². The van der Waals surface area contributed by atoms with E-state index >= 15 is 0 Å². The minimum atomic E-state index is 0.139. The number of nitrogens with two attached hydrogens (primary N) is 1. The number of anilines is 1. The van der Waals surface area contributed by atoms with E-state index in [1.807, 2.05) is 19.1 Å². The molecule has 2 N–H and O–H groups in total. The number of hydrogen-bond acceptors (Lipinski definition) is 3. The van der Waals surface area contributed by atoms with Gasteiger partial charge in [0, 0.05) is 40.8 Å². The number of thioether (sulfide) groups is 1. The first-order chi connectivity index (χ1) is 9.11. The summed E-state index contributed by atoms with van der Waals surface area (Å²) >= 11 is 8.46. The third-order valence-electron chi connectivity index (χ3n) is 3.56. The van der Waals surface area contributed by atoms with Crippen LogP contribution in [0, 0.1) is 0 Å². The molecule has 1 saturated heterocycles. The van der Waals surface area contributed by atoms with E-state index in [0.29, 0.717) is 0 Å². The minimum Gasteiger partial charge on any atom is -0.369 e. The molecular weight excluding hydrogens is 276 g/mol. The topological polar surface area (TPSA) is 29.3 Å². The molecule has 0 bridgehead atoms. The van der Waals surface area contributed by atoms with E-state index in [9.17, 15) is 0 Å². The standard InChI is InChI=1S/C15H23ClN2S/c1-3-12-10-18(7-8-19-12)15-6-4-5-14(16)13(15)9-11(2)17/h4-6,11-12H,3,7-10,17H2,1-2H3. The van der Waals surface area contributed by atoms with Crippen LogP contribution in [0.15, 0.2) is 18.2 Å². The van der Waals surface area contributed by atoms with Crippen LogP contribution in [0.2, 0.25) is 5.02 Å². The maximum Gasteiger partial charge on any atom is 0.0459 e. The molecule has 1 aromatic rings. The first kappa shape index (κ1) is 15.0. The van der Waals surface area contributed by atoms with Crippen molar-refractivity contribution in [3.63, 3.8) is 0 Å². The maximum atomic E-state index is 6.38. The van der Waals surface area contributed by atoms with Crippen LogP contribution in [0.25, 0.3) is 0 Å². The van der Waals surface area contributed by atoms with Crippen LogP contribution in [0.4, 0.5) is 5.69 Å². The van der Waals surface area contributed by atoms with Gasteiger partial charge in [-0.3, -0.25) is 0 Å². The molecule has 2 unspecified atom stereocenters. The monoisotopic (exact) mass is 298 g/mol. The van der Waals surface area contributed by atoms with Gasteiger partial charge in [-0.15, -0.1) is 0 Å². The summed E-state index contributed by atoms with van der Waals surface area (Å²) in [5.41, 5.74) is 8.45. The van der Waals surface area contributed by atoms with Gasteiger partial charge in [-0.1, -0.05) is 24.6 Å². The van der Waals surface area contributed by atoms with Crippen molar-refractivity contribution in [1.82, 2.24) is 0 Å². The van der Waals surface area contributed by atoms with Gasteiger partial charge in [-0.2, -0.15) is 11.8 Å². The molecule has 1 fully saturated rings. The van der Waals surface area contributed by atoms with E-state index in [1.54, 1.807) is 0 Å². The molecule has 2 atom stereocenters. The lowest BCUT2D eigenvalue weighted by atomic mass is 10.0. The summed E-state index contributed by atoms with van der Waals surface area (Å²) in [6, 6.07) is 6.34. The minimum absolute atomic E-state index is 0.139. The number of benzene rings is 1. The van der Waals surface area contributed by atoms with Crippen LogP contribution in [-0.4, -0.2) is 30.1 Å². The molecule has 4 heteroatoms. The molecule has 1 aliphatic heterocycles. The van der Waals surface area contributed by atoms with Crippen LogP contribution in [-0.2, 0) is 6.42 Å². The number of hydrogen-bond donors (Lipinski definition) is 1. The first-order valence-corrected chi connectivity index (χ1v) is 8.44. The smallest absolute Gasteiger partial charge is 0.0459 e. The lowest BCUT2D eigenvalue weighted by Gasteiger charge is -2.35. The van der Waals surface area contributed by atoms with Crippen molar-refractivity contribution >= 4 is 29.1 Å². The Balaban J connectivity index is 2.25. The SMILES string of the molecule is CCC1CN(c2cccc(Cl)c2CC(C)N)CCS1. The molecule has 0 aromatic heterocycles. The summed E-state index contributed by atoms with van der Waals surface area (Å²) in [4.78, 5) is 2.48. The van der Waals surface area contributed by atoms with Gasteiger partial charge in [0.05, 0.1) is 0 Å². The highest BCUT2D eigenvalue weighted by Gasteiger charge is 2.22. The Morgan fingerprint density at radius 2 is 2.32 bits per heavy atom. The second-order valence-electron chi connectivity index (χ2n) is 5.27. The molecule has 0 radical (unpaired) electrons. The first-order valence-electron chi connectivity index (χ1n) is 7.01. The second-order valence-corrected chi connectivity index (χ2v) is 7.08. The summed E-state index contributed by atoms with van der Waals surface area (Å²) in [5.74, 6) is 1.20. The highest BCUT2D eigenvalue weighted by atomic mass is 35.5. The van der Waals surface area contributed by atoms with Crippen molar-refractivity contribution in [2.45, 2.75) is 38.0 Å². The number of nitrogens with zero attached hydrogens (tertiary/aromatic N) is 1. The van der Waals surface area contributed by atoms with Crippen LogP contribution < -0.4 is 10.6 Å². The molecule has 0 aliphatic carbocycles. The lowest BCUT2D eigenvalue weighted by Crippen LogP contribution is -2.38. The van der Waals surface area contributed by atoms with E-state index in [1.165, 1.54) is 23.4 Å². The highest BCUT2D eigenvalue weighted by molar-refractivity contribution is 8.00. The number of halogens is 1. The molecule has 2 rings (SSSR count). The highest BCUT2D eigenvalue weighted by Crippen LogP contribution is 2.32. The van der Waals surface area contributed by atoms with Crippen LogP contribution >= 0.6 is 23.4 Å². The van der Waals surface area contributed by atoms with Crippen LogP contribution in [0.3, 0.4) is 0 Å². The van der Waals surface area contributed by atoms with Crippen molar-refractivity contribution in [3.05, 3.63) is 28.8 Å². The van der Waals surface area contributed by atoms with E-state index < -0.39 is 0 Å². The summed E-state index contributed by atoms with van der Waals surface area (Å²) in [6.07, 6.45) is 2.07. The quantitative estimate of drug-likeness (QED) is 0.921. The molecule has 1 aliphatic rings. The van der Waals surface area contributed by atoms with Crippen molar-refractivity contribution in [1.29, 1.82) is 0 Å². The van der Waals surface area contributed by atoms with Gasteiger partial charge in [0.25, 0.3) is 0 Å². The Labute approximate surface area is 125 Å². The Morgan fingerprint density at radius 1 is 1.53 bits per heavy atom. The largest absolute Gasteiger partial charge is 0.369 e. The van der Waals surface area contributed by atoms with Gasteiger partial charge in [0.2, 0.25) is 0 Å². The van der Waals surface area contributed by atoms with Gasteiger partial charge in [-0.05, 0) is 37.5 Å². The van der Waals surface area contributed by atoms with Crippen molar-refractivity contribution in [2.75, 3.05) is 23.7 Å². The summed E-state index contributed by atoms with van der Waals surface area (Å²) in [5, 5.41) is 1.58. The predicted molar refractivity (Wildman–Crippen MR) is 87.6 cm³/mol. The Morgan fingerprint density at radius 3 is 3.00 bits per heavy atom. The fraction of sp³-hybridized carbons (Fsp3) is 0.600. The molecule has 106 valence electrons. The Kier molecular flexibility index (Phi) is 5.43. The zero-order valence-electron chi connectivity index (χ0n) is 11.7. The third kappa shape index (κ3) is 3.80. The zero-order valence-corrected chi connectivity index (χ0v) is 13.3. The van der Waals surface area contributed by atoms with Gasteiger partial charge in [0.15, 0.2) is 0 Å². The van der Waals surface area contributed by atoms with Gasteiger partial charge in [0.1, 0.15) is 0 Å². The number of rotatable bonds is 4. The maximum absolute atomic E-state index is 6.38. The molecule has 1 heterocycles. The van der Waals surface area contributed by atoms with E-state index in [4.69, 9.17) is 17.3 Å². The van der Waals surface area contributed by atoms with E-state index in [2.05, 4.69) is 29.7 Å². The van der Waals surface area contributed by atoms with Crippen molar-refractivity contribution < 1.29 is 0 Å². The normalized spacial score (nSPS) is 21.5. The molecule has 0 saturated carbocycles. The van der Waals surface area contributed by atoms with Gasteiger partial charge < -0.3 is 10.6 Å². The van der Waals surface area contributed by atoms with Crippen molar-refractivity contribution in [2.24, 2.45) is 5.73 Å². The fourth-order valence-electron chi connectivity index (χ4n) is 2.55. The second kappa shape index (κ2) is 6.87. The van der Waals surface area contributed by atoms with Crippen LogP contribution in [0.1, 0.15) is 25.8 Å². The van der Waals surface area contributed by atoms with Gasteiger partial charge in [-0.25, -0.2) is 0 Å². The Hall–Kier alpha value is -0.380. The van der Waals surface area contributed by atoms with Gasteiger partial charge >= 0.3 is 0 Å². The lowest BCUT2D eigenvalue weighted by molar-refractivity contribution is 0.707. The van der Waals surface area contributed by atoms with E-state index in [-0.39, 0.29) is 6.04 Å². The molecule has 0 spiro atoms. The molecular formula is C15H23ClN2S. The van der Waals surface area contributed by atoms with E-state index in [0.717, 1.165) is 29.8 Å². The van der Waals surface area contributed by atoms with Crippen molar-refractivity contribution in [3.8, 4) is 0 Å². The molecule has 1 aromatic carbocycles. The summed E-state index contributed by atoms with van der Waals surface area (Å²) in [7, 11) is 0. The average Bonchev–Trinajstić information content (AvgIpc) is 2.40. The Bertz CT molecular complexity index is 423.